The number of para-hydroxylation sites is 1. The molecule has 1 aliphatic rings. The minimum atomic E-state index is 0.666. The molecule has 0 bridgehead atoms. The van der Waals surface area contributed by atoms with Gasteiger partial charge in [-0.05, 0) is 31.4 Å². The number of fused-ring (bicyclic) bond motifs is 1. The quantitative estimate of drug-likeness (QED) is 0.732. The van der Waals surface area contributed by atoms with E-state index in [0.29, 0.717) is 5.68 Å². The van der Waals surface area contributed by atoms with Crippen LogP contribution in [0.25, 0.3) is 11.0 Å². The maximum atomic E-state index is 5.84. The molecule has 2 aromatic rings. The van der Waals surface area contributed by atoms with Crippen LogP contribution in [0.3, 0.4) is 0 Å². The van der Waals surface area contributed by atoms with Crippen LogP contribution in [0.1, 0.15) is 19.3 Å². The summed E-state index contributed by atoms with van der Waals surface area (Å²) in [5, 5.41) is 1.11. The van der Waals surface area contributed by atoms with E-state index in [1.54, 1.807) is 0 Å². The third kappa shape index (κ3) is 2.35. The fraction of sp³-hybridized carbons (Fsp3) is 0.467. The monoisotopic (exact) mass is 258 g/mol. The minimum Gasteiger partial charge on any atom is -0.388 e. The highest BCUT2D eigenvalue weighted by atomic mass is 16.3. The Bertz CT molecular complexity index is 650. The van der Waals surface area contributed by atoms with Crippen molar-refractivity contribution in [1.29, 1.82) is 0 Å². The maximum Gasteiger partial charge on any atom is 0.500 e. The molecule has 2 heterocycles. The van der Waals surface area contributed by atoms with E-state index in [0.717, 1.165) is 29.9 Å². The van der Waals surface area contributed by atoms with Gasteiger partial charge in [-0.25, -0.2) is 4.58 Å². The zero-order valence-corrected chi connectivity index (χ0v) is 11.6. The minimum absolute atomic E-state index is 0.666. The molecule has 100 valence electrons. The lowest BCUT2D eigenvalue weighted by atomic mass is 10.1. The highest BCUT2D eigenvalue weighted by molar-refractivity contribution is 5.87. The van der Waals surface area contributed by atoms with Gasteiger partial charge in [-0.15, -0.1) is 0 Å². The summed E-state index contributed by atoms with van der Waals surface area (Å²) in [6, 6.07) is 8.15. The Kier molecular flexibility index (Phi) is 3.23. The Balaban J connectivity index is 2.23. The predicted octanol–water partition coefficient (Wildman–Crippen LogP) is 1.85. The zero-order chi connectivity index (χ0) is 13.2. The van der Waals surface area contributed by atoms with Gasteiger partial charge in [-0.2, -0.15) is 0 Å². The van der Waals surface area contributed by atoms with Crippen LogP contribution in [0, 0.1) is 0 Å². The van der Waals surface area contributed by atoms with Crippen LogP contribution < -0.4 is 15.2 Å². The van der Waals surface area contributed by atoms with Gasteiger partial charge in [-0.1, -0.05) is 12.1 Å². The van der Waals surface area contributed by atoms with Crippen LogP contribution in [0.15, 0.2) is 28.7 Å². The Hall–Kier alpha value is -1.84. The van der Waals surface area contributed by atoms with Gasteiger partial charge in [0.05, 0.1) is 19.5 Å². The van der Waals surface area contributed by atoms with Crippen molar-refractivity contribution < 1.29 is 4.42 Å². The fourth-order valence-electron chi connectivity index (χ4n) is 2.55. The van der Waals surface area contributed by atoms with Gasteiger partial charge < -0.3 is 9.32 Å². The van der Waals surface area contributed by atoms with Gasteiger partial charge >= 0.3 is 5.68 Å². The Labute approximate surface area is 113 Å². The molecule has 1 aromatic heterocycles. The molecule has 0 N–H and O–H groups in total. The normalized spacial score (nSPS) is 15.8. The van der Waals surface area contributed by atoms with Crippen LogP contribution in [-0.2, 0) is 0 Å². The van der Waals surface area contributed by atoms with Gasteiger partial charge in [0.25, 0.3) is 5.82 Å². The van der Waals surface area contributed by atoms with E-state index in [1.165, 1.54) is 19.3 Å². The SMILES string of the molecule is C[N+](C)=c1nc(N2CCCCC2)c2ccccc2o1. The molecule has 0 amide bonds. The first-order valence-electron chi connectivity index (χ1n) is 6.91. The molecule has 0 aliphatic carbocycles. The first-order chi connectivity index (χ1) is 9.25. The highest BCUT2D eigenvalue weighted by Gasteiger charge is 2.21. The summed E-state index contributed by atoms with van der Waals surface area (Å²) in [6.45, 7) is 2.18. The molecular weight excluding hydrogens is 238 g/mol. The molecule has 1 fully saturated rings. The second kappa shape index (κ2) is 5.03. The lowest BCUT2D eigenvalue weighted by Crippen LogP contribution is -2.33. The summed E-state index contributed by atoms with van der Waals surface area (Å²) in [6.07, 6.45) is 3.82. The van der Waals surface area contributed by atoms with E-state index in [4.69, 9.17) is 9.40 Å². The third-order valence-corrected chi connectivity index (χ3v) is 3.57. The van der Waals surface area contributed by atoms with Crippen LogP contribution in [0.5, 0.6) is 0 Å². The predicted molar refractivity (Wildman–Crippen MR) is 77.2 cm³/mol. The summed E-state index contributed by atoms with van der Waals surface area (Å²) in [7, 11) is 3.92. The highest BCUT2D eigenvalue weighted by Crippen LogP contribution is 2.25. The second-order valence-electron chi connectivity index (χ2n) is 5.26. The van der Waals surface area contributed by atoms with Gasteiger partial charge in [-0.3, -0.25) is 0 Å². The molecule has 0 saturated carbocycles. The Morgan fingerprint density at radius 3 is 2.58 bits per heavy atom. The van der Waals surface area contributed by atoms with E-state index < -0.39 is 0 Å². The average Bonchev–Trinajstić information content (AvgIpc) is 2.47. The number of aromatic nitrogens is 1. The molecule has 1 aliphatic heterocycles. The Morgan fingerprint density at radius 2 is 1.84 bits per heavy atom. The van der Waals surface area contributed by atoms with Crippen molar-refractivity contribution in [2.45, 2.75) is 19.3 Å². The lowest BCUT2D eigenvalue weighted by Gasteiger charge is -2.25. The van der Waals surface area contributed by atoms with Crippen LogP contribution in [0.4, 0.5) is 5.82 Å². The van der Waals surface area contributed by atoms with E-state index in [2.05, 4.69) is 11.0 Å². The molecule has 0 spiro atoms. The number of anilines is 1. The van der Waals surface area contributed by atoms with Gasteiger partial charge in [0.1, 0.15) is 5.58 Å². The molecule has 0 atom stereocenters. The number of piperidine rings is 1. The molecule has 0 radical (unpaired) electrons. The summed E-state index contributed by atoms with van der Waals surface area (Å²) in [5.41, 5.74) is 1.57. The van der Waals surface area contributed by atoms with Crippen molar-refractivity contribution >= 4 is 16.8 Å². The molecule has 1 aromatic carbocycles. The van der Waals surface area contributed by atoms with E-state index in [1.807, 2.05) is 36.9 Å². The second-order valence-corrected chi connectivity index (χ2v) is 5.26. The molecule has 19 heavy (non-hydrogen) atoms. The largest absolute Gasteiger partial charge is 0.500 e. The van der Waals surface area contributed by atoms with Crippen LogP contribution >= 0.6 is 0 Å². The van der Waals surface area contributed by atoms with Gasteiger partial charge in [0, 0.05) is 18.1 Å². The Morgan fingerprint density at radius 1 is 1.11 bits per heavy atom. The molecule has 3 rings (SSSR count). The van der Waals surface area contributed by atoms with Crippen molar-refractivity contribution in [3.63, 3.8) is 0 Å². The lowest BCUT2D eigenvalue weighted by molar-refractivity contribution is 0.460. The van der Waals surface area contributed by atoms with Crippen molar-refractivity contribution in [3.05, 3.63) is 29.9 Å². The number of nitrogens with zero attached hydrogens (tertiary/aromatic N) is 3. The number of hydrogen-bond donors (Lipinski definition) is 0. The van der Waals surface area contributed by atoms with Crippen molar-refractivity contribution in [3.8, 4) is 0 Å². The number of rotatable bonds is 1. The number of benzene rings is 1. The van der Waals surface area contributed by atoms with Crippen LogP contribution in [0.2, 0.25) is 0 Å². The van der Waals surface area contributed by atoms with Gasteiger partial charge in [0.15, 0.2) is 0 Å². The van der Waals surface area contributed by atoms with Crippen LogP contribution in [-0.4, -0.2) is 32.2 Å². The number of hydrogen-bond acceptors (Lipinski definition) is 3. The average molecular weight is 258 g/mol. The first-order valence-corrected chi connectivity index (χ1v) is 6.91. The fourth-order valence-corrected chi connectivity index (χ4v) is 2.55. The third-order valence-electron chi connectivity index (χ3n) is 3.57. The zero-order valence-electron chi connectivity index (χ0n) is 11.6. The first kappa shape index (κ1) is 12.2. The van der Waals surface area contributed by atoms with Gasteiger partial charge in [0.2, 0.25) is 0 Å². The molecule has 4 heteroatoms. The molecule has 0 unspecified atom stereocenters. The smallest absolute Gasteiger partial charge is 0.388 e. The van der Waals surface area contributed by atoms with Crippen molar-refractivity contribution in [2.24, 2.45) is 0 Å². The summed E-state index contributed by atoms with van der Waals surface area (Å²) >= 11 is 0. The van der Waals surface area contributed by atoms with Crippen molar-refractivity contribution in [2.75, 3.05) is 32.1 Å². The molecular formula is C15H20N3O+. The molecule has 1 saturated heterocycles. The van der Waals surface area contributed by atoms with E-state index in [9.17, 15) is 0 Å². The standard InChI is InChI=1S/C15H20N3O/c1-17(2)15-16-14(18-10-6-3-7-11-18)12-8-4-5-9-13(12)19-15/h4-5,8-9H,3,6-7,10-11H2,1-2H3/q+1. The summed E-state index contributed by atoms with van der Waals surface area (Å²) in [4.78, 5) is 7.09. The summed E-state index contributed by atoms with van der Waals surface area (Å²) in [5.74, 6) is 1.06. The van der Waals surface area contributed by atoms with E-state index in [-0.39, 0.29) is 0 Å². The topological polar surface area (TPSA) is 32.3 Å². The maximum absolute atomic E-state index is 5.84. The van der Waals surface area contributed by atoms with Crippen molar-refractivity contribution in [1.82, 2.24) is 9.56 Å². The summed E-state index contributed by atoms with van der Waals surface area (Å²) < 4.78 is 7.76. The molecule has 4 nitrogen and oxygen atoms in total. The van der Waals surface area contributed by atoms with E-state index >= 15 is 0 Å².